The van der Waals surface area contributed by atoms with Crippen LogP contribution in [0, 0.1) is 13.8 Å². The molecule has 0 saturated heterocycles. The first-order chi connectivity index (χ1) is 7.20. The van der Waals surface area contributed by atoms with Crippen LogP contribution in [0.2, 0.25) is 0 Å². The van der Waals surface area contributed by atoms with Crippen LogP contribution in [0.3, 0.4) is 0 Å². The molecule has 0 fully saturated rings. The van der Waals surface area contributed by atoms with Gasteiger partial charge in [0.2, 0.25) is 0 Å². The van der Waals surface area contributed by atoms with Gasteiger partial charge in [-0.05, 0) is 38.0 Å². The van der Waals surface area contributed by atoms with Crippen LogP contribution in [-0.2, 0) is 6.42 Å². The Bertz CT molecular complexity index is 454. The van der Waals surface area contributed by atoms with Crippen molar-refractivity contribution >= 4 is 0 Å². The van der Waals surface area contributed by atoms with Gasteiger partial charge < -0.3 is 0 Å². The van der Waals surface area contributed by atoms with E-state index in [0.29, 0.717) is 0 Å². The van der Waals surface area contributed by atoms with Gasteiger partial charge in [-0.2, -0.15) is 5.10 Å². The molecule has 0 N–H and O–H groups in total. The number of hydrogen-bond donors (Lipinski definition) is 0. The summed E-state index contributed by atoms with van der Waals surface area (Å²) in [5, 5.41) is 4.39. The summed E-state index contributed by atoms with van der Waals surface area (Å²) in [4.78, 5) is 4.39. The molecule has 0 aromatic carbocycles. The van der Waals surface area contributed by atoms with Gasteiger partial charge in [0.05, 0.1) is 5.69 Å². The lowest BCUT2D eigenvalue weighted by Crippen LogP contribution is -2.01. The fraction of sp³-hybridized carbons (Fsp3) is 0.333. The van der Waals surface area contributed by atoms with E-state index in [-0.39, 0.29) is 0 Å². The first-order valence-electron chi connectivity index (χ1n) is 5.19. The molecule has 2 aromatic heterocycles. The highest BCUT2D eigenvalue weighted by atomic mass is 15.3. The Kier molecular flexibility index (Phi) is 2.54. The zero-order valence-corrected chi connectivity index (χ0v) is 9.36. The molecule has 0 aliphatic rings. The topological polar surface area (TPSA) is 30.7 Å². The lowest BCUT2D eigenvalue weighted by molar-refractivity contribution is 0.804. The summed E-state index contributed by atoms with van der Waals surface area (Å²) in [5.74, 6) is 0.887. The standard InChI is InChI=1S/C12H15N3/c1-4-11-5-6-12(13-8-11)15-10(3)7-9(2)14-15/h5-8H,4H2,1-3H3. The summed E-state index contributed by atoms with van der Waals surface area (Å²) in [6.45, 7) is 6.15. The molecule has 0 amide bonds. The molecule has 0 bridgehead atoms. The average molecular weight is 201 g/mol. The first kappa shape index (κ1) is 9.90. The normalized spacial score (nSPS) is 10.6. The smallest absolute Gasteiger partial charge is 0.153 e. The second-order valence-corrected chi connectivity index (χ2v) is 3.72. The van der Waals surface area contributed by atoms with E-state index in [1.54, 1.807) is 0 Å². The van der Waals surface area contributed by atoms with Gasteiger partial charge in [-0.1, -0.05) is 13.0 Å². The monoisotopic (exact) mass is 201 g/mol. The third-order valence-electron chi connectivity index (χ3n) is 2.44. The van der Waals surface area contributed by atoms with Gasteiger partial charge in [-0.15, -0.1) is 0 Å². The number of aromatic nitrogens is 3. The third-order valence-corrected chi connectivity index (χ3v) is 2.44. The van der Waals surface area contributed by atoms with Crippen LogP contribution < -0.4 is 0 Å². The number of nitrogens with zero attached hydrogens (tertiary/aromatic N) is 3. The van der Waals surface area contributed by atoms with Crippen LogP contribution in [0.5, 0.6) is 0 Å². The largest absolute Gasteiger partial charge is 0.237 e. The van der Waals surface area contributed by atoms with Gasteiger partial charge in [0.15, 0.2) is 5.82 Å². The highest BCUT2D eigenvalue weighted by Gasteiger charge is 2.03. The van der Waals surface area contributed by atoms with Crippen molar-refractivity contribution < 1.29 is 0 Å². The molecule has 2 aromatic rings. The quantitative estimate of drug-likeness (QED) is 0.747. The van der Waals surface area contributed by atoms with E-state index in [0.717, 1.165) is 23.6 Å². The van der Waals surface area contributed by atoms with Crippen LogP contribution in [0.15, 0.2) is 24.4 Å². The minimum absolute atomic E-state index is 0.887. The number of pyridine rings is 1. The van der Waals surface area contributed by atoms with E-state index in [4.69, 9.17) is 0 Å². The fourth-order valence-corrected chi connectivity index (χ4v) is 1.61. The van der Waals surface area contributed by atoms with E-state index in [1.165, 1.54) is 5.56 Å². The van der Waals surface area contributed by atoms with Crippen molar-refractivity contribution in [3.05, 3.63) is 41.3 Å². The van der Waals surface area contributed by atoms with Gasteiger partial charge >= 0.3 is 0 Å². The molecule has 0 aliphatic heterocycles. The van der Waals surface area contributed by atoms with Crippen LogP contribution >= 0.6 is 0 Å². The van der Waals surface area contributed by atoms with Gasteiger partial charge in [0.1, 0.15) is 0 Å². The van der Waals surface area contributed by atoms with E-state index < -0.39 is 0 Å². The van der Waals surface area contributed by atoms with Gasteiger partial charge in [0, 0.05) is 11.9 Å². The first-order valence-corrected chi connectivity index (χ1v) is 5.19. The Morgan fingerprint density at radius 2 is 2.07 bits per heavy atom. The van der Waals surface area contributed by atoms with Crippen molar-refractivity contribution in [2.75, 3.05) is 0 Å². The van der Waals surface area contributed by atoms with Crippen LogP contribution in [-0.4, -0.2) is 14.8 Å². The van der Waals surface area contributed by atoms with E-state index in [9.17, 15) is 0 Å². The van der Waals surface area contributed by atoms with Gasteiger partial charge in [-0.25, -0.2) is 9.67 Å². The number of aryl methyl sites for hydroxylation is 3. The summed E-state index contributed by atoms with van der Waals surface area (Å²) in [6, 6.07) is 6.16. The van der Waals surface area contributed by atoms with Crippen LogP contribution in [0.1, 0.15) is 23.9 Å². The van der Waals surface area contributed by atoms with E-state index in [1.807, 2.05) is 30.8 Å². The lowest BCUT2D eigenvalue weighted by Gasteiger charge is -2.03. The summed E-state index contributed by atoms with van der Waals surface area (Å²) in [5.41, 5.74) is 3.39. The molecule has 0 aliphatic carbocycles. The second-order valence-electron chi connectivity index (χ2n) is 3.72. The summed E-state index contributed by atoms with van der Waals surface area (Å²) >= 11 is 0. The highest BCUT2D eigenvalue weighted by molar-refractivity contribution is 5.27. The molecular weight excluding hydrogens is 186 g/mol. The van der Waals surface area contributed by atoms with Crippen molar-refractivity contribution in [1.29, 1.82) is 0 Å². The Hall–Kier alpha value is -1.64. The molecule has 2 rings (SSSR count). The zero-order valence-electron chi connectivity index (χ0n) is 9.36. The maximum atomic E-state index is 4.39. The minimum Gasteiger partial charge on any atom is -0.237 e. The highest BCUT2D eigenvalue weighted by Crippen LogP contribution is 2.10. The fourth-order valence-electron chi connectivity index (χ4n) is 1.61. The van der Waals surface area contributed by atoms with Crippen LogP contribution in [0.25, 0.3) is 5.82 Å². The molecule has 0 spiro atoms. The lowest BCUT2D eigenvalue weighted by atomic mass is 10.2. The molecule has 0 unspecified atom stereocenters. The molecule has 0 saturated carbocycles. The predicted octanol–water partition coefficient (Wildman–Crippen LogP) is 2.45. The predicted molar refractivity (Wildman–Crippen MR) is 60.2 cm³/mol. The Morgan fingerprint density at radius 3 is 2.53 bits per heavy atom. The summed E-state index contributed by atoms with van der Waals surface area (Å²) in [7, 11) is 0. The molecule has 78 valence electrons. The van der Waals surface area contributed by atoms with Gasteiger partial charge in [-0.3, -0.25) is 0 Å². The Morgan fingerprint density at radius 1 is 1.27 bits per heavy atom. The average Bonchev–Trinajstić information content (AvgIpc) is 2.58. The van der Waals surface area contributed by atoms with Crippen molar-refractivity contribution in [3.8, 4) is 5.82 Å². The molecular formula is C12H15N3. The maximum Gasteiger partial charge on any atom is 0.153 e. The van der Waals surface area contributed by atoms with E-state index >= 15 is 0 Å². The SMILES string of the molecule is CCc1ccc(-n2nc(C)cc2C)nc1. The summed E-state index contributed by atoms with van der Waals surface area (Å²) in [6.07, 6.45) is 2.93. The van der Waals surface area contributed by atoms with Crippen molar-refractivity contribution in [3.63, 3.8) is 0 Å². The van der Waals surface area contributed by atoms with Crippen molar-refractivity contribution in [2.45, 2.75) is 27.2 Å². The number of hydrogen-bond acceptors (Lipinski definition) is 2. The Balaban J connectivity index is 2.41. The van der Waals surface area contributed by atoms with Crippen LogP contribution in [0.4, 0.5) is 0 Å². The zero-order chi connectivity index (χ0) is 10.8. The second kappa shape index (κ2) is 3.85. The number of rotatable bonds is 2. The molecule has 0 radical (unpaired) electrons. The molecule has 0 atom stereocenters. The van der Waals surface area contributed by atoms with Crippen molar-refractivity contribution in [1.82, 2.24) is 14.8 Å². The molecule has 15 heavy (non-hydrogen) atoms. The van der Waals surface area contributed by atoms with E-state index in [2.05, 4.69) is 29.1 Å². The maximum absolute atomic E-state index is 4.39. The molecule has 3 heteroatoms. The third kappa shape index (κ3) is 1.91. The summed E-state index contributed by atoms with van der Waals surface area (Å²) < 4.78 is 1.87. The van der Waals surface area contributed by atoms with Gasteiger partial charge in [0.25, 0.3) is 0 Å². The molecule has 3 nitrogen and oxygen atoms in total. The molecule has 2 heterocycles. The Labute approximate surface area is 89.8 Å². The minimum atomic E-state index is 0.887. The van der Waals surface area contributed by atoms with Crippen molar-refractivity contribution in [2.24, 2.45) is 0 Å².